The van der Waals surface area contributed by atoms with Gasteiger partial charge in [-0.2, -0.15) is 0 Å². The van der Waals surface area contributed by atoms with Gasteiger partial charge >= 0.3 is 0 Å². The predicted octanol–water partition coefficient (Wildman–Crippen LogP) is 5.40. The maximum Gasteiger partial charge on any atom is 0.200 e. The zero-order valence-electron chi connectivity index (χ0n) is 17.7. The highest BCUT2D eigenvalue weighted by atomic mass is 28.4. The first-order valence-corrected chi connectivity index (χ1v) is 11.7. The van der Waals surface area contributed by atoms with Crippen molar-refractivity contribution in [1.29, 1.82) is 0 Å². The predicted molar refractivity (Wildman–Crippen MR) is 107 cm³/mol. The molecular formula is C20H42O3Si. The lowest BCUT2D eigenvalue weighted by Gasteiger charge is -2.43. The van der Waals surface area contributed by atoms with E-state index in [1.165, 1.54) is 0 Å². The summed E-state index contributed by atoms with van der Waals surface area (Å²) in [4.78, 5) is 0. The number of aliphatic hydroxyl groups excluding tert-OH is 1. The van der Waals surface area contributed by atoms with Crippen LogP contribution in [0.5, 0.6) is 0 Å². The van der Waals surface area contributed by atoms with Crippen LogP contribution in [0.1, 0.15) is 62.3 Å². The fourth-order valence-corrected chi connectivity index (χ4v) is 9.73. The van der Waals surface area contributed by atoms with E-state index in [9.17, 15) is 5.11 Å². The van der Waals surface area contributed by atoms with E-state index in [2.05, 4.69) is 48.5 Å². The average Bonchev–Trinajstić information content (AvgIpc) is 2.49. The van der Waals surface area contributed by atoms with Crippen LogP contribution in [0.25, 0.3) is 0 Å². The summed E-state index contributed by atoms with van der Waals surface area (Å²) in [6, 6.07) is 0. The topological polar surface area (TPSA) is 38.7 Å². The van der Waals surface area contributed by atoms with Gasteiger partial charge in [-0.3, -0.25) is 0 Å². The van der Waals surface area contributed by atoms with Gasteiger partial charge in [0.1, 0.15) is 0 Å². The first kappa shape index (κ1) is 23.8. The molecule has 0 amide bonds. The van der Waals surface area contributed by atoms with Crippen molar-refractivity contribution in [3.63, 3.8) is 0 Å². The molecule has 0 saturated heterocycles. The second-order valence-electron chi connectivity index (χ2n) is 8.14. The largest absolute Gasteiger partial charge is 0.413 e. The summed E-state index contributed by atoms with van der Waals surface area (Å²) in [5.74, 6) is 0.143. The Bertz CT molecular complexity index is 344. The number of aliphatic hydroxyl groups is 1. The molecule has 0 bridgehead atoms. The Morgan fingerprint density at radius 1 is 0.917 bits per heavy atom. The molecule has 0 heterocycles. The van der Waals surface area contributed by atoms with Gasteiger partial charge < -0.3 is 14.3 Å². The van der Waals surface area contributed by atoms with Crippen LogP contribution in [0.4, 0.5) is 0 Å². The Balaban J connectivity index is 5.17. The summed E-state index contributed by atoms with van der Waals surface area (Å²) >= 11 is 0. The minimum absolute atomic E-state index is 0.0272. The Hall–Kier alpha value is -0.163. The Kier molecular flexibility index (Phi) is 10.7. The zero-order chi connectivity index (χ0) is 19.1. The highest BCUT2D eigenvalue weighted by Crippen LogP contribution is 2.42. The van der Waals surface area contributed by atoms with E-state index in [4.69, 9.17) is 9.16 Å². The summed E-state index contributed by atoms with van der Waals surface area (Å²) in [6.07, 6.45) is 3.52. The van der Waals surface area contributed by atoms with Crippen molar-refractivity contribution in [2.45, 2.75) is 91.1 Å². The SMILES string of the molecule is C/C=C\[C@H](C)[C@@H](O)[C@@H](C)[C@@H](CO[Si](C(C)C)(C(C)C)C(C)C)OC. The third-order valence-electron chi connectivity index (χ3n) is 5.67. The zero-order valence-corrected chi connectivity index (χ0v) is 18.7. The molecule has 0 aromatic carbocycles. The molecule has 0 aromatic rings. The molecule has 0 spiro atoms. The van der Waals surface area contributed by atoms with Gasteiger partial charge in [0.2, 0.25) is 0 Å². The second-order valence-corrected chi connectivity index (χ2v) is 13.6. The highest BCUT2D eigenvalue weighted by molar-refractivity contribution is 6.77. The quantitative estimate of drug-likeness (QED) is 0.397. The molecule has 0 unspecified atom stereocenters. The highest BCUT2D eigenvalue weighted by Gasteiger charge is 2.45. The van der Waals surface area contributed by atoms with E-state index < -0.39 is 14.4 Å². The minimum Gasteiger partial charge on any atom is -0.413 e. The normalized spacial score (nSPS) is 18.6. The minimum atomic E-state index is -1.91. The molecule has 1 N–H and O–H groups in total. The van der Waals surface area contributed by atoms with Gasteiger partial charge in [-0.25, -0.2) is 0 Å². The molecule has 24 heavy (non-hydrogen) atoms. The molecule has 4 atom stereocenters. The molecule has 0 aliphatic rings. The van der Waals surface area contributed by atoms with Crippen LogP contribution >= 0.6 is 0 Å². The number of ether oxygens (including phenoxy) is 1. The second kappa shape index (κ2) is 10.7. The van der Waals surface area contributed by atoms with Crippen molar-refractivity contribution >= 4 is 8.32 Å². The smallest absolute Gasteiger partial charge is 0.200 e. The number of hydrogen-bond donors (Lipinski definition) is 1. The van der Waals surface area contributed by atoms with Gasteiger partial charge in [-0.15, -0.1) is 0 Å². The first-order valence-electron chi connectivity index (χ1n) is 9.53. The van der Waals surface area contributed by atoms with Crippen LogP contribution < -0.4 is 0 Å². The van der Waals surface area contributed by atoms with Crippen molar-refractivity contribution < 1.29 is 14.3 Å². The molecule has 144 valence electrons. The van der Waals surface area contributed by atoms with Gasteiger partial charge in [0.25, 0.3) is 0 Å². The summed E-state index contributed by atoms with van der Waals surface area (Å²) in [5, 5.41) is 10.6. The van der Waals surface area contributed by atoms with E-state index in [1.54, 1.807) is 7.11 Å². The number of rotatable bonds is 11. The summed E-state index contributed by atoms with van der Waals surface area (Å²) in [5.41, 5.74) is 1.66. The molecule has 4 heteroatoms. The lowest BCUT2D eigenvalue weighted by molar-refractivity contribution is -0.0415. The Labute approximate surface area is 152 Å². The van der Waals surface area contributed by atoms with Crippen molar-refractivity contribution in [2.75, 3.05) is 13.7 Å². The maximum absolute atomic E-state index is 10.6. The van der Waals surface area contributed by atoms with Crippen LogP contribution in [-0.2, 0) is 9.16 Å². The lowest BCUT2D eigenvalue weighted by Crippen LogP contribution is -2.50. The third-order valence-corrected chi connectivity index (χ3v) is 11.7. The lowest BCUT2D eigenvalue weighted by atomic mass is 9.89. The maximum atomic E-state index is 10.6. The molecule has 0 saturated carbocycles. The van der Waals surface area contributed by atoms with E-state index in [0.717, 1.165) is 0 Å². The van der Waals surface area contributed by atoms with E-state index >= 15 is 0 Å². The van der Waals surface area contributed by atoms with Crippen molar-refractivity contribution in [3.8, 4) is 0 Å². The van der Waals surface area contributed by atoms with Gasteiger partial charge in [0.05, 0.1) is 18.8 Å². The van der Waals surface area contributed by atoms with E-state index in [-0.39, 0.29) is 17.9 Å². The Morgan fingerprint density at radius 2 is 1.38 bits per heavy atom. The van der Waals surface area contributed by atoms with Crippen LogP contribution in [0, 0.1) is 11.8 Å². The van der Waals surface area contributed by atoms with Crippen LogP contribution in [-0.4, -0.2) is 39.3 Å². The number of allylic oxidation sites excluding steroid dienone is 1. The van der Waals surface area contributed by atoms with Gasteiger partial charge in [0.15, 0.2) is 8.32 Å². The van der Waals surface area contributed by atoms with Crippen LogP contribution in [0.2, 0.25) is 16.6 Å². The molecule has 0 fully saturated rings. The van der Waals surface area contributed by atoms with Crippen LogP contribution in [0.3, 0.4) is 0 Å². The van der Waals surface area contributed by atoms with Crippen molar-refractivity contribution in [3.05, 3.63) is 12.2 Å². The van der Waals surface area contributed by atoms with Crippen molar-refractivity contribution in [1.82, 2.24) is 0 Å². The first-order chi connectivity index (χ1) is 11.1. The molecule has 0 aliphatic heterocycles. The fraction of sp³-hybridized carbons (Fsp3) is 0.900. The summed E-state index contributed by atoms with van der Waals surface area (Å²) < 4.78 is 12.4. The van der Waals surface area contributed by atoms with E-state index in [1.807, 2.05) is 26.0 Å². The standard InChI is InChI=1S/C20H42O3Si/c1-11-12-17(8)20(21)18(9)19(22-10)13-23-24(14(2)3,15(4)5)16(6)7/h11-12,14-21H,13H2,1-10H3/b12-11-/t17-,18-,19+,20+/m0/s1. The fourth-order valence-electron chi connectivity index (χ4n) is 4.28. The molecule has 0 radical (unpaired) electrons. The monoisotopic (exact) mass is 358 g/mol. The average molecular weight is 359 g/mol. The molecular weight excluding hydrogens is 316 g/mol. The molecule has 0 aromatic heterocycles. The summed E-state index contributed by atoms with van der Waals surface area (Å²) in [7, 11) is -0.182. The van der Waals surface area contributed by atoms with Gasteiger partial charge in [-0.05, 0) is 23.5 Å². The van der Waals surface area contributed by atoms with Crippen LogP contribution in [0.15, 0.2) is 12.2 Å². The van der Waals surface area contributed by atoms with Crippen molar-refractivity contribution in [2.24, 2.45) is 11.8 Å². The number of methoxy groups -OCH3 is 1. The van der Waals surface area contributed by atoms with Gasteiger partial charge in [-0.1, -0.05) is 67.5 Å². The third kappa shape index (κ3) is 5.69. The molecule has 0 aliphatic carbocycles. The molecule has 0 rings (SSSR count). The summed E-state index contributed by atoms with van der Waals surface area (Å²) in [6.45, 7) is 20.4. The van der Waals surface area contributed by atoms with E-state index in [0.29, 0.717) is 23.2 Å². The number of hydrogen-bond acceptors (Lipinski definition) is 3. The van der Waals surface area contributed by atoms with Gasteiger partial charge in [0, 0.05) is 18.9 Å². The molecule has 3 nitrogen and oxygen atoms in total. The Morgan fingerprint density at radius 3 is 1.71 bits per heavy atom.